The molecule has 4 aromatic rings. The van der Waals surface area contributed by atoms with Crippen LogP contribution in [0.3, 0.4) is 0 Å². The Morgan fingerprint density at radius 2 is 2.00 bits per heavy atom. The molecule has 1 atom stereocenters. The Kier molecular flexibility index (Phi) is 5.79. The molecule has 176 valence electrons. The van der Waals surface area contributed by atoms with E-state index in [4.69, 9.17) is 11.6 Å². The number of hydrogen-bond acceptors (Lipinski definition) is 6. The Balaban J connectivity index is 1.36. The molecule has 0 saturated heterocycles. The second kappa shape index (κ2) is 9.07. The summed E-state index contributed by atoms with van der Waals surface area (Å²) in [6.07, 6.45) is 1.58. The van der Waals surface area contributed by atoms with Crippen molar-refractivity contribution in [2.75, 3.05) is 16.8 Å². The molecule has 11 heteroatoms. The Morgan fingerprint density at radius 3 is 2.83 bits per heavy atom. The summed E-state index contributed by atoms with van der Waals surface area (Å²) in [6.45, 7) is -0.308. The predicted molar refractivity (Wildman–Crippen MR) is 129 cm³/mol. The van der Waals surface area contributed by atoms with E-state index in [0.717, 1.165) is 16.5 Å². The fraction of sp³-hybridized carbons (Fsp3) is 0.125. The highest BCUT2D eigenvalue weighted by molar-refractivity contribution is 6.31. The summed E-state index contributed by atoms with van der Waals surface area (Å²) in [4.78, 5) is 50.6. The normalized spacial score (nSPS) is 15.1. The molecule has 4 N–H and O–H groups in total. The van der Waals surface area contributed by atoms with Gasteiger partial charge >= 0.3 is 6.01 Å². The van der Waals surface area contributed by atoms with Crippen LogP contribution in [0.25, 0.3) is 10.9 Å². The lowest BCUT2D eigenvalue weighted by Crippen LogP contribution is -2.54. The molecule has 0 spiro atoms. The molecule has 2 aromatic heterocycles. The summed E-state index contributed by atoms with van der Waals surface area (Å²) in [7, 11) is 0. The molecular formula is C24H19ClN6O4. The molecule has 35 heavy (non-hydrogen) atoms. The molecule has 1 unspecified atom stereocenters. The number of amides is 3. The molecule has 0 fully saturated rings. The summed E-state index contributed by atoms with van der Waals surface area (Å²) in [6, 6.07) is 14.2. The van der Waals surface area contributed by atoms with Crippen molar-refractivity contribution < 1.29 is 19.5 Å². The molecule has 0 saturated carbocycles. The van der Waals surface area contributed by atoms with Gasteiger partial charge in [0.2, 0.25) is 11.8 Å². The monoisotopic (exact) mass is 490 g/mol. The van der Waals surface area contributed by atoms with Crippen molar-refractivity contribution in [1.82, 2.24) is 20.3 Å². The Hall–Kier alpha value is -4.44. The van der Waals surface area contributed by atoms with Gasteiger partial charge in [0.05, 0.1) is 0 Å². The van der Waals surface area contributed by atoms with Crippen LogP contribution in [0.4, 0.5) is 11.5 Å². The van der Waals surface area contributed by atoms with E-state index in [9.17, 15) is 19.5 Å². The van der Waals surface area contributed by atoms with Gasteiger partial charge in [-0.15, -0.1) is 0 Å². The third kappa shape index (κ3) is 4.64. The van der Waals surface area contributed by atoms with Crippen molar-refractivity contribution in [2.45, 2.75) is 12.5 Å². The molecule has 3 amide bonds. The molecule has 0 radical (unpaired) electrons. The maximum Gasteiger partial charge on any atom is 0.315 e. The number of aromatic amines is 1. The molecule has 10 nitrogen and oxygen atoms in total. The third-order valence-corrected chi connectivity index (χ3v) is 5.85. The number of rotatable bonds is 5. The maximum absolute atomic E-state index is 13.4. The summed E-state index contributed by atoms with van der Waals surface area (Å²) >= 11 is 6.03. The van der Waals surface area contributed by atoms with Gasteiger partial charge in [0.25, 0.3) is 5.91 Å². The number of nitrogens with one attached hydrogen (secondary N) is 3. The fourth-order valence-electron chi connectivity index (χ4n) is 4.04. The number of aromatic hydroxyl groups is 1. The van der Waals surface area contributed by atoms with E-state index in [1.165, 1.54) is 17.2 Å². The lowest BCUT2D eigenvalue weighted by molar-refractivity contribution is -0.123. The van der Waals surface area contributed by atoms with Gasteiger partial charge in [0, 0.05) is 34.2 Å². The smallest absolute Gasteiger partial charge is 0.315 e. The summed E-state index contributed by atoms with van der Waals surface area (Å²) in [5.74, 6) is -1.29. The Labute approximate surface area is 204 Å². The van der Waals surface area contributed by atoms with Gasteiger partial charge in [0.1, 0.15) is 24.1 Å². The van der Waals surface area contributed by atoms with Gasteiger partial charge in [-0.3, -0.25) is 14.4 Å². The number of benzene rings is 2. The maximum atomic E-state index is 13.4. The zero-order valence-electron chi connectivity index (χ0n) is 18.2. The van der Waals surface area contributed by atoms with Crippen molar-refractivity contribution >= 4 is 51.7 Å². The van der Waals surface area contributed by atoms with Crippen LogP contribution in [0.1, 0.15) is 16.1 Å². The van der Waals surface area contributed by atoms with Crippen LogP contribution in [0.15, 0.2) is 60.8 Å². The second-order valence-corrected chi connectivity index (χ2v) is 8.42. The van der Waals surface area contributed by atoms with Crippen LogP contribution in [-0.4, -0.2) is 50.4 Å². The lowest BCUT2D eigenvalue weighted by atomic mass is 9.97. The predicted octanol–water partition coefficient (Wildman–Crippen LogP) is 2.64. The molecule has 5 rings (SSSR count). The van der Waals surface area contributed by atoms with Crippen LogP contribution in [0, 0.1) is 0 Å². The van der Waals surface area contributed by atoms with Gasteiger partial charge in [-0.2, -0.15) is 4.98 Å². The minimum absolute atomic E-state index is 0.101. The number of anilines is 2. The number of carbonyl (C=O) groups is 3. The minimum atomic E-state index is -0.872. The number of para-hydroxylation sites is 1. The van der Waals surface area contributed by atoms with E-state index in [-0.39, 0.29) is 18.8 Å². The number of carbonyl (C=O) groups excluding carboxylic acids is 3. The van der Waals surface area contributed by atoms with E-state index >= 15 is 0 Å². The second-order valence-electron chi connectivity index (χ2n) is 7.99. The van der Waals surface area contributed by atoms with Gasteiger partial charge < -0.3 is 25.6 Å². The number of nitrogens with zero attached hydrogens (tertiary/aromatic N) is 3. The summed E-state index contributed by atoms with van der Waals surface area (Å²) < 4.78 is 0. The molecule has 1 aliphatic rings. The number of H-pyrrole nitrogens is 1. The first-order valence-electron chi connectivity index (χ1n) is 10.7. The van der Waals surface area contributed by atoms with Crippen molar-refractivity contribution in [1.29, 1.82) is 0 Å². The highest BCUT2D eigenvalue weighted by Crippen LogP contribution is 2.28. The first-order chi connectivity index (χ1) is 16.9. The van der Waals surface area contributed by atoms with Crippen molar-refractivity contribution in [3.05, 3.63) is 77.1 Å². The summed E-state index contributed by atoms with van der Waals surface area (Å²) in [5, 5.41) is 16.0. The van der Waals surface area contributed by atoms with E-state index in [2.05, 4.69) is 25.6 Å². The van der Waals surface area contributed by atoms with E-state index in [1.54, 1.807) is 36.4 Å². The van der Waals surface area contributed by atoms with E-state index in [1.807, 2.05) is 12.1 Å². The molecule has 2 aromatic carbocycles. The first-order valence-corrected chi connectivity index (χ1v) is 11.1. The third-order valence-electron chi connectivity index (χ3n) is 5.62. The zero-order valence-corrected chi connectivity index (χ0v) is 18.9. The van der Waals surface area contributed by atoms with Crippen LogP contribution in [0.2, 0.25) is 5.02 Å². The molecule has 0 bridgehead atoms. The van der Waals surface area contributed by atoms with Crippen LogP contribution < -0.4 is 15.5 Å². The number of hydrogen-bond donors (Lipinski definition) is 4. The average molecular weight is 491 g/mol. The molecular weight excluding hydrogens is 472 g/mol. The van der Waals surface area contributed by atoms with Gasteiger partial charge in [-0.1, -0.05) is 29.8 Å². The number of fused-ring (bicyclic) bond motifs is 2. The quantitative estimate of drug-likeness (QED) is 0.339. The van der Waals surface area contributed by atoms with Crippen LogP contribution in [-0.2, 0) is 16.0 Å². The highest BCUT2D eigenvalue weighted by atomic mass is 35.5. The summed E-state index contributed by atoms with van der Waals surface area (Å²) in [5.41, 5.74) is 2.44. The largest absolute Gasteiger partial charge is 0.479 e. The standard InChI is InChI=1S/C24H19ClN6O4/c25-15-5-6-16-14(9-15)11-17(27-16)22(33)28-18-10-13-3-1-2-4-19(13)31(23(18)34)12-21(32)29-20-7-8-26-24(35)30-20/h1-9,11,18,27H,10,12H2,(H,28,33)(H2,26,29,30,32,35). The SMILES string of the molecule is O=C(CN1C(=O)C(NC(=O)c2cc3cc(Cl)ccc3[nH]2)Cc2ccccc21)Nc1ccnc(O)n1. The minimum Gasteiger partial charge on any atom is -0.479 e. The first kappa shape index (κ1) is 22.4. The van der Waals surface area contributed by atoms with Crippen molar-refractivity contribution in [2.24, 2.45) is 0 Å². The van der Waals surface area contributed by atoms with Gasteiger partial charge in [-0.05, 0) is 42.0 Å². The highest BCUT2D eigenvalue weighted by Gasteiger charge is 2.35. The molecule has 3 heterocycles. The van der Waals surface area contributed by atoms with Crippen LogP contribution >= 0.6 is 11.6 Å². The van der Waals surface area contributed by atoms with E-state index in [0.29, 0.717) is 16.4 Å². The van der Waals surface area contributed by atoms with Crippen molar-refractivity contribution in [3.63, 3.8) is 0 Å². The lowest BCUT2D eigenvalue weighted by Gasteiger charge is -2.34. The topological polar surface area (TPSA) is 140 Å². The fourth-order valence-corrected chi connectivity index (χ4v) is 4.22. The van der Waals surface area contributed by atoms with E-state index < -0.39 is 29.8 Å². The zero-order chi connectivity index (χ0) is 24.5. The molecule has 1 aliphatic heterocycles. The molecule has 0 aliphatic carbocycles. The number of halogens is 1. The van der Waals surface area contributed by atoms with Crippen molar-refractivity contribution in [3.8, 4) is 6.01 Å². The van der Waals surface area contributed by atoms with Gasteiger partial charge in [-0.25, -0.2) is 4.98 Å². The average Bonchev–Trinajstić information content (AvgIpc) is 3.25. The van der Waals surface area contributed by atoms with Crippen LogP contribution in [0.5, 0.6) is 6.01 Å². The Morgan fingerprint density at radius 1 is 1.17 bits per heavy atom. The van der Waals surface area contributed by atoms with Gasteiger partial charge in [0.15, 0.2) is 0 Å². The Bertz CT molecular complexity index is 1470. The number of aromatic nitrogens is 3.